The third-order valence-electron chi connectivity index (χ3n) is 4.88. The van der Waals surface area contributed by atoms with Crippen LogP contribution in [0.2, 0.25) is 0 Å². The summed E-state index contributed by atoms with van der Waals surface area (Å²) >= 11 is 3.32. The number of hydrogen-bond donors (Lipinski definition) is 2. The van der Waals surface area contributed by atoms with Crippen molar-refractivity contribution in [3.05, 3.63) is 65.1 Å². The number of rotatable bonds is 8. The van der Waals surface area contributed by atoms with Gasteiger partial charge in [-0.1, -0.05) is 23.9 Å². The minimum Gasteiger partial charge on any atom is -0.483 e. The number of aryl methyl sites for hydroxylation is 3. The number of thioether (sulfide) groups is 2. The maximum Gasteiger partial charge on any atom is 0.290 e. The summed E-state index contributed by atoms with van der Waals surface area (Å²) in [7, 11) is 0. The fraction of sp³-hybridized carbons (Fsp3) is 0.333. The maximum absolute atomic E-state index is 13.6. The summed E-state index contributed by atoms with van der Waals surface area (Å²) in [5.41, 5.74) is 4.31. The molecule has 0 amide bonds. The molecule has 2 N–H and O–H groups in total. The van der Waals surface area contributed by atoms with Gasteiger partial charge in [-0.3, -0.25) is 9.79 Å². The highest BCUT2D eigenvalue weighted by Gasteiger charge is 2.22. The standard InChI is InChI=1S/C23H25FN4S2.CH2O2/c1-5-18(27-21-9-17(24)7-6-14(21)2)10-19-12-29-22(28-19)13-30-23-20(11-25)15(3)8-16(4)26-23;2-1-3/h5-9,18-19,27H,1,10,12-13H2,2-4H3;1H,(H,2,3). The molecule has 1 aliphatic heterocycles. The zero-order valence-electron chi connectivity index (χ0n) is 18.8. The second-order valence-corrected chi connectivity index (χ2v) is 9.49. The molecule has 0 bridgehead atoms. The first kappa shape index (κ1) is 26.4. The molecule has 1 aromatic carbocycles. The summed E-state index contributed by atoms with van der Waals surface area (Å²) in [6.07, 6.45) is 2.65. The quantitative estimate of drug-likeness (QED) is 0.294. The molecule has 0 aliphatic carbocycles. The van der Waals surface area contributed by atoms with E-state index in [0.29, 0.717) is 11.3 Å². The van der Waals surface area contributed by atoms with Gasteiger partial charge in [-0.25, -0.2) is 9.37 Å². The molecule has 0 spiro atoms. The van der Waals surface area contributed by atoms with Gasteiger partial charge >= 0.3 is 0 Å². The summed E-state index contributed by atoms with van der Waals surface area (Å²) < 4.78 is 13.6. The van der Waals surface area contributed by atoms with Crippen molar-refractivity contribution in [3.63, 3.8) is 0 Å². The highest BCUT2D eigenvalue weighted by atomic mass is 32.2. The number of nitrogens with zero attached hydrogens (tertiary/aromatic N) is 3. The van der Waals surface area contributed by atoms with Crippen molar-refractivity contribution in [1.82, 2.24) is 4.98 Å². The van der Waals surface area contributed by atoms with Crippen LogP contribution in [0.5, 0.6) is 0 Å². The summed E-state index contributed by atoms with van der Waals surface area (Å²) in [4.78, 5) is 17.8. The van der Waals surface area contributed by atoms with Gasteiger partial charge in [0.25, 0.3) is 6.47 Å². The second kappa shape index (κ2) is 13.0. The van der Waals surface area contributed by atoms with Crippen LogP contribution in [0.4, 0.5) is 10.1 Å². The lowest BCUT2D eigenvalue weighted by Gasteiger charge is -2.19. The molecule has 1 aliphatic rings. The van der Waals surface area contributed by atoms with E-state index in [2.05, 4.69) is 22.9 Å². The smallest absolute Gasteiger partial charge is 0.290 e. The lowest BCUT2D eigenvalue weighted by atomic mass is 10.1. The summed E-state index contributed by atoms with van der Waals surface area (Å²) in [5, 5.41) is 21.5. The third kappa shape index (κ3) is 7.91. The fourth-order valence-corrected chi connectivity index (χ4v) is 5.52. The highest BCUT2D eigenvalue weighted by Crippen LogP contribution is 2.29. The van der Waals surface area contributed by atoms with Gasteiger partial charge in [0.15, 0.2) is 0 Å². The Hall–Kier alpha value is -2.83. The number of benzene rings is 1. The van der Waals surface area contributed by atoms with Gasteiger partial charge in [-0.05, 0) is 56.5 Å². The molecule has 174 valence electrons. The number of anilines is 1. The molecule has 2 aromatic rings. The van der Waals surface area contributed by atoms with Crippen molar-refractivity contribution in [2.45, 2.75) is 44.3 Å². The first-order valence-electron chi connectivity index (χ1n) is 10.2. The van der Waals surface area contributed by atoms with Crippen LogP contribution in [0.15, 0.2) is 46.9 Å². The van der Waals surface area contributed by atoms with Gasteiger partial charge < -0.3 is 10.4 Å². The van der Waals surface area contributed by atoms with E-state index < -0.39 is 0 Å². The first-order chi connectivity index (χ1) is 15.8. The lowest BCUT2D eigenvalue weighted by Crippen LogP contribution is -2.23. The molecule has 9 heteroatoms. The zero-order chi connectivity index (χ0) is 24.4. The molecule has 0 radical (unpaired) electrons. The molecule has 1 aromatic heterocycles. The molecule has 2 heterocycles. The largest absolute Gasteiger partial charge is 0.483 e. The highest BCUT2D eigenvalue weighted by molar-refractivity contribution is 8.16. The Morgan fingerprint density at radius 2 is 2.12 bits per heavy atom. The van der Waals surface area contributed by atoms with Crippen molar-refractivity contribution >= 4 is 40.7 Å². The van der Waals surface area contributed by atoms with E-state index in [1.54, 1.807) is 29.6 Å². The van der Waals surface area contributed by atoms with E-state index in [1.807, 2.05) is 32.9 Å². The molecule has 0 saturated heterocycles. The van der Waals surface area contributed by atoms with Gasteiger partial charge in [0.1, 0.15) is 16.9 Å². The van der Waals surface area contributed by atoms with Crippen molar-refractivity contribution in [3.8, 4) is 6.07 Å². The second-order valence-electron chi connectivity index (χ2n) is 7.44. The number of aliphatic imine (C=N–C) groups is 1. The van der Waals surface area contributed by atoms with Gasteiger partial charge in [-0.15, -0.1) is 18.3 Å². The minimum absolute atomic E-state index is 0.0122. The predicted molar refractivity (Wildman–Crippen MR) is 135 cm³/mol. The van der Waals surface area contributed by atoms with Crippen molar-refractivity contribution in [2.75, 3.05) is 16.8 Å². The number of carboxylic acid groups (broad SMARTS) is 1. The van der Waals surface area contributed by atoms with Crippen LogP contribution in [0.3, 0.4) is 0 Å². The normalized spacial score (nSPS) is 15.5. The lowest BCUT2D eigenvalue weighted by molar-refractivity contribution is -0.122. The molecule has 33 heavy (non-hydrogen) atoms. The Labute approximate surface area is 202 Å². The third-order valence-corrected chi connectivity index (χ3v) is 7.18. The van der Waals surface area contributed by atoms with E-state index in [-0.39, 0.29) is 24.4 Å². The molecule has 0 fully saturated rings. The summed E-state index contributed by atoms with van der Waals surface area (Å²) in [5.74, 6) is 1.37. The Morgan fingerprint density at radius 3 is 2.79 bits per heavy atom. The van der Waals surface area contributed by atoms with Crippen molar-refractivity contribution in [2.24, 2.45) is 4.99 Å². The van der Waals surface area contributed by atoms with Gasteiger partial charge in [0, 0.05) is 28.9 Å². The van der Waals surface area contributed by atoms with E-state index in [4.69, 9.17) is 14.9 Å². The predicted octanol–water partition coefficient (Wildman–Crippen LogP) is 5.38. The van der Waals surface area contributed by atoms with Gasteiger partial charge in [0.05, 0.1) is 16.6 Å². The average Bonchev–Trinajstić information content (AvgIpc) is 3.22. The molecular formula is C24H27FN4O2S2. The SMILES string of the molecule is C=CC(CC1CSC(CSc2nc(C)cc(C)c2C#N)=N1)Nc1cc(F)ccc1C.O=CO. The molecule has 6 nitrogen and oxygen atoms in total. The van der Waals surface area contributed by atoms with Crippen molar-refractivity contribution in [1.29, 1.82) is 5.26 Å². The van der Waals surface area contributed by atoms with E-state index in [1.165, 1.54) is 12.1 Å². The average molecular weight is 487 g/mol. The monoisotopic (exact) mass is 486 g/mol. The molecule has 3 rings (SSSR count). The topological polar surface area (TPSA) is 98.4 Å². The number of nitrogens with one attached hydrogen (secondary N) is 1. The Bertz CT molecular complexity index is 1070. The number of pyridine rings is 1. The van der Waals surface area contributed by atoms with Crippen LogP contribution in [-0.2, 0) is 4.79 Å². The number of halogens is 1. The molecule has 2 unspecified atom stereocenters. The summed E-state index contributed by atoms with van der Waals surface area (Å²) in [6, 6.07) is 9.14. The van der Waals surface area contributed by atoms with E-state index in [9.17, 15) is 9.65 Å². The van der Waals surface area contributed by atoms with Crippen molar-refractivity contribution < 1.29 is 14.3 Å². The molecule has 0 saturated carbocycles. The van der Waals surface area contributed by atoms with Crippen LogP contribution in [0.1, 0.15) is 28.8 Å². The van der Waals surface area contributed by atoms with Gasteiger partial charge in [0.2, 0.25) is 0 Å². The summed E-state index contributed by atoms with van der Waals surface area (Å²) in [6.45, 7) is 9.52. The van der Waals surface area contributed by atoms with Crippen LogP contribution in [0.25, 0.3) is 0 Å². The van der Waals surface area contributed by atoms with Gasteiger partial charge in [-0.2, -0.15) is 5.26 Å². The maximum atomic E-state index is 13.6. The number of carbonyl (C=O) groups is 1. The number of nitriles is 1. The fourth-order valence-electron chi connectivity index (χ4n) is 3.30. The Balaban J connectivity index is 0.00000122. The van der Waals surface area contributed by atoms with E-state index >= 15 is 0 Å². The Morgan fingerprint density at radius 1 is 1.39 bits per heavy atom. The first-order valence-corrected chi connectivity index (χ1v) is 12.2. The number of hydrogen-bond acceptors (Lipinski definition) is 7. The van der Waals surface area contributed by atoms with E-state index in [0.717, 1.165) is 44.8 Å². The Kier molecular flexibility index (Phi) is 10.4. The minimum atomic E-state index is -0.253. The van der Waals surface area contributed by atoms with Crippen LogP contribution >= 0.6 is 23.5 Å². The molecular weight excluding hydrogens is 459 g/mol. The number of aromatic nitrogens is 1. The zero-order valence-corrected chi connectivity index (χ0v) is 20.5. The molecule has 2 atom stereocenters. The van der Waals surface area contributed by atoms with Crippen LogP contribution < -0.4 is 5.32 Å². The van der Waals surface area contributed by atoms with Crippen LogP contribution in [0, 0.1) is 37.9 Å². The van der Waals surface area contributed by atoms with Crippen LogP contribution in [-0.4, -0.2) is 45.2 Å².